The van der Waals surface area contributed by atoms with Gasteiger partial charge in [-0.2, -0.15) is 0 Å². The fraction of sp³-hybridized carbons (Fsp3) is 0.0167. The minimum absolute atomic E-state index is 0.119. The maximum absolute atomic E-state index is 5.49. The Balaban J connectivity index is 1.02. The van der Waals surface area contributed by atoms with Crippen molar-refractivity contribution in [2.24, 2.45) is 0 Å². The highest BCUT2D eigenvalue weighted by atomic mass is 15.3. The zero-order valence-electron chi connectivity index (χ0n) is 35.4. The largest absolute Gasteiger partial charge is 0.359 e. The predicted octanol–water partition coefficient (Wildman–Crippen LogP) is 15.4. The fourth-order valence-electron chi connectivity index (χ4n) is 9.28. The van der Waals surface area contributed by atoms with Crippen LogP contribution in [-0.4, -0.2) is 15.0 Å². The molecule has 0 fully saturated rings. The van der Waals surface area contributed by atoms with E-state index in [4.69, 9.17) is 15.0 Å². The predicted molar refractivity (Wildman–Crippen MR) is 269 cm³/mol. The van der Waals surface area contributed by atoms with Crippen LogP contribution in [0.5, 0.6) is 0 Å². The number of anilines is 3. The first-order valence-corrected chi connectivity index (χ1v) is 22.0. The summed E-state index contributed by atoms with van der Waals surface area (Å²) in [7, 11) is 0. The van der Waals surface area contributed by atoms with Gasteiger partial charge in [-0.1, -0.05) is 200 Å². The Morgan fingerprint density at radius 1 is 0.369 bits per heavy atom. The van der Waals surface area contributed by atoms with Crippen LogP contribution in [0.15, 0.2) is 237 Å². The van der Waals surface area contributed by atoms with E-state index in [-0.39, 0.29) is 6.17 Å². The standard InChI is InChI=1S/C60H41N5/c1-5-16-40(17-6-1)42-28-32-44(33-29-42)53-39-54(63-59(62-53)45-34-30-43(31-35-45)41-18-7-2-8-19-41)47-22-15-23-48(38-47)57-56-51(50-26-13-14-27-52(50)61-57)36-37-55-58(56)64-60(46-20-9-3-10-21-46)65(55)49-24-11-4-12-25-49/h1-39,60,64H. The van der Waals surface area contributed by atoms with Gasteiger partial charge in [-0.3, -0.25) is 0 Å². The van der Waals surface area contributed by atoms with Gasteiger partial charge in [-0.25, -0.2) is 15.0 Å². The molecule has 0 saturated carbocycles. The zero-order valence-corrected chi connectivity index (χ0v) is 35.4. The molecular weight excluding hydrogens is 791 g/mol. The Kier molecular flexibility index (Phi) is 9.50. The average molecular weight is 832 g/mol. The summed E-state index contributed by atoms with van der Waals surface area (Å²) in [5.74, 6) is 0.666. The van der Waals surface area contributed by atoms with Crippen molar-refractivity contribution in [3.63, 3.8) is 0 Å². The molecule has 5 heteroatoms. The number of aromatic nitrogens is 3. The maximum atomic E-state index is 5.49. The lowest BCUT2D eigenvalue weighted by Gasteiger charge is -2.27. The molecule has 306 valence electrons. The average Bonchev–Trinajstić information content (AvgIpc) is 3.80. The van der Waals surface area contributed by atoms with Crippen LogP contribution in [0.1, 0.15) is 11.7 Å². The molecule has 0 spiro atoms. The van der Waals surface area contributed by atoms with Crippen molar-refractivity contribution in [3.05, 3.63) is 242 Å². The number of para-hydroxylation sites is 2. The number of hydrogen-bond acceptors (Lipinski definition) is 5. The molecule has 0 bridgehead atoms. The van der Waals surface area contributed by atoms with Crippen molar-refractivity contribution in [2.45, 2.75) is 6.17 Å². The first-order chi connectivity index (χ1) is 32.2. The summed E-state index contributed by atoms with van der Waals surface area (Å²) >= 11 is 0. The second-order valence-electron chi connectivity index (χ2n) is 16.5. The first-order valence-electron chi connectivity index (χ1n) is 22.0. The van der Waals surface area contributed by atoms with Gasteiger partial charge in [0, 0.05) is 38.7 Å². The van der Waals surface area contributed by atoms with Gasteiger partial charge >= 0.3 is 0 Å². The Morgan fingerprint density at radius 2 is 0.892 bits per heavy atom. The Bertz CT molecular complexity index is 3380. The van der Waals surface area contributed by atoms with E-state index in [2.05, 4.69) is 235 Å². The van der Waals surface area contributed by atoms with Gasteiger partial charge in [-0.05, 0) is 69.6 Å². The number of benzene rings is 9. The van der Waals surface area contributed by atoms with Crippen LogP contribution in [0.25, 0.3) is 89.1 Å². The molecule has 11 aromatic rings. The lowest BCUT2D eigenvalue weighted by atomic mass is 9.96. The normalized spacial score (nSPS) is 13.2. The third-order valence-electron chi connectivity index (χ3n) is 12.5. The summed E-state index contributed by atoms with van der Waals surface area (Å²) in [5, 5.41) is 7.35. The second kappa shape index (κ2) is 16.2. The number of hydrogen-bond donors (Lipinski definition) is 1. The van der Waals surface area contributed by atoms with Crippen LogP contribution in [0.4, 0.5) is 17.1 Å². The molecule has 1 atom stereocenters. The van der Waals surface area contributed by atoms with E-state index in [1.807, 2.05) is 12.1 Å². The number of rotatable bonds is 8. The van der Waals surface area contributed by atoms with Gasteiger partial charge in [0.1, 0.15) is 6.17 Å². The molecule has 9 aromatic carbocycles. The number of nitrogens with one attached hydrogen (secondary N) is 1. The summed E-state index contributed by atoms with van der Waals surface area (Å²) in [6.07, 6.45) is -0.119. The Labute approximate surface area is 378 Å². The van der Waals surface area contributed by atoms with Gasteiger partial charge in [0.15, 0.2) is 5.82 Å². The molecule has 1 N–H and O–H groups in total. The number of fused-ring (bicyclic) bond motifs is 5. The second-order valence-corrected chi connectivity index (χ2v) is 16.5. The quantitative estimate of drug-likeness (QED) is 0.155. The zero-order chi connectivity index (χ0) is 43.1. The molecule has 0 saturated heterocycles. The molecule has 12 rings (SSSR count). The highest BCUT2D eigenvalue weighted by Crippen LogP contribution is 2.52. The summed E-state index contributed by atoms with van der Waals surface area (Å²) in [6.45, 7) is 0. The monoisotopic (exact) mass is 831 g/mol. The fourth-order valence-corrected chi connectivity index (χ4v) is 9.28. The van der Waals surface area contributed by atoms with Crippen molar-refractivity contribution < 1.29 is 0 Å². The SMILES string of the molecule is c1ccc(-c2ccc(-c3cc(-c4cccc(-c5nc6ccccc6c6ccc7c(c56)NC(c5ccccc5)N7c5ccccc5)c4)nc(-c4ccc(-c5ccccc5)cc4)n3)cc2)cc1. The van der Waals surface area contributed by atoms with Crippen LogP contribution in [0, 0.1) is 0 Å². The van der Waals surface area contributed by atoms with Crippen molar-refractivity contribution in [2.75, 3.05) is 10.2 Å². The minimum atomic E-state index is -0.119. The van der Waals surface area contributed by atoms with Crippen LogP contribution >= 0.6 is 0 Å². The van der Waals surface area contributed by atoms with Gasteiger partial charge in [0.2, 0.25) is 0 Å². The summed E-state index contributed by atoms with van der Waals surface area (Å²) in [6, 6.07) is 83.2. The highest BCUT2D eigenvalue weighted by molar-refractivity contribution is 6.19. The lowest BCUT2D eigenvalue weighted by molar-refractivity contribution is 0.828. The number of pyridine rings is 1. The highest BCUT2D eigenvalue weighted by Gasteiger charge is 2.34. The molecule has 65 heavy (non-hydrogen) atoms. The Morgan fingerprint density at radius 3 is 1.57 bits per heavy atom. The molecule has 1 aliphatic rings. The van der Waals surface area contributed by atoms with Crippen molar-refractivity contribution in [1.82, 2.24) is 15.0 Å². The molecule has 2 aromatic heterocycles. The van der Waals surface area contributed by atoms with Crippen molar-refractivity contribution in [1.29, 1.82) is 0 Å². The number of nitrogens with zero attached hydrogens (tertiary/aromatic N) is 4. The smallest absolute Gasteiger partial charge is 0.160 e. The lowest BCUT2D eigenvalue weighted by Crippen LogP contribution is -2.23. The summed E-state index contributed by atoms with van der Waals surface area (Å²) in [4.78, 5) is 18.4. The van der Waals surface area contributed by atoms with Gasteiger partial charge < -0.3 is 10.2 Å². The van der Waals surface area contributed by atoms with E-state index in [1.165, 1.54) is 16.7 Å². The molecule has 3 heterocycles. The van der Waals surface area contributed by atoms with Gasteiger partial charge in [-0.15, -0.1) is 0 Å². The van der Waals surface area contributed by atoms with Crippen molar-refractivity contribution in [3.8, 4) is 67.4 Å². The van der Waals surface area contributed by atoms with E-state index < -0.39 is 0 Å². The molecule has 1 unspecified atom stereocenters. The van der Waals surface area contributed by atoms with Crippen LogP contribution in [-0.2, 0) is 0 Å². The summed E-state index contributed by atoms with van der Waals surface area (Å²) in [5.41, 5.74) is 16.6. The van der Waals surface area contributed by atoms with Gasteiger partial charge in [0.25, 0.3) is 0 Å². The molecule has 1 aliphatic heterocycles. The molecule has 0 radical (unpaired) electrons. The Hall–Kier alpha value is -8.67. The van der Waals surface area contributed by atoms with Crippen molar-refractivity contribution >= 4 is 38.7 Å². The third-order valence-corrected chi connectivity index (χ3v) is 12.5. The van der Waals surface area contributed by atoms with Crippen LogP contribution in [0.2, 0.25) is 0 Å². The molecular formula is C60H41N5. The van der Waals surface area contributed by atoms with E-state index in [9.17, 15) is 0 Å². The van der Waals surface area contributed by atoms with Crippen LogP contribution in [0.3, 0.4) is 0 Å². The van der Waals surface area contributed by atoms with Crippen LogP contribution < -0.4 is 10.2 Å². The topological polar surface area (TPSA) is 53.9 Å². The first kappa shape index (κ1) is 38.0. The van der Waals surface area contributed by atoms with E-state index >= 15 is 0 Å². The maximum Gasteiger partial charge on any atom is 0.160 e. The van der Waals surface area contributed by atoms with E-state index in [0.29, 0.717) is 5.82 Å². The minimum Gasteiger partial charge on any atom is -0.359 e. The summed E-state index contributed by atoms with van der Waals surface area (Å²) < 4.78 is 0. The third kappa shape index (κ3) is 7.06. The van der Waals surface area contributed by atoms with E-state index in [0.717, 1.165) is 89.2 Å². The molecule has 5 nitrogen and oxygen atoms in total. The van der Waals surface area contributed by atoms with E-state index in [1.54, 1.807) is 0 Å². The molecule has 0 aliphatic carbocycles. The van der Waals surface area contributed by atoms with Gasteiger partial charge in [0.05, 0.1) is 34.0 Å². The molecule has 0 amide bonds.